The topological polar surface area (TPSA) is 48.5 Å². The number of nitrogens with zero attached hydrogens (tertiary/aromatic N) is 5. The lowest BCUT2D eigenvalue weighted by Gasteiger charge is -2.12. The summed E-state index contributed by atoms with van der Waals surface area (Å²) in [6, 6.07) is 79.2. The molecule has 0 aliphatic rings. The number of rotatable bonds is 7. The van der Waals surface area contributed by atoms with Gasteiger partial charge in [0.2, 0.25) is 5.95 Å². The lowest BCUT2D eigenvalue weighted by Crippen LogP contribution is -2.06. The van der Waals surface area contributed by atoms with Crippen LogP contribution in [-0.2, 0) is 0 Å². The van der Waals surface area contributed by atoms with Gasteiger partial charge in [0.25, 0.3) is 0 Å². The van der Waals surface area contributed by atoms with Crippen LogP contribution in [0.15, 0.2) is 224 Å². The summed E-state index contributed by atoms with van der Waals surface area (Å²) in [5, 5.41) is 4.69. The van der Waals surface area contributed by atoms with E-state index in [9.17, 15) is 0 Å². The van der Waals surface area contributed by atoms with E-state index in [0.717, 1.165) is 71.9 Å². The summed E-state index contributed by atoms with van der Waals surface area (Å²) >= 11 is 0. The first kappa shape index (κ1) is 35.5. The maximum Gasteiger partial charge on any atom is 0.238 e. The molecule has 0 aliphatic carbocycles. The standard InChI is InChI=1S/C57H37N5/c1-4-14-38(15-5-1)41-24-28-44(29-25-41)55-58-56(45-30-26-42(27-31-45)39-16-6-2-7-17-39)60-57(59-55)62-50-23-13-11-21-48(50)54-52(62)37-36-51-53(54)47-20-10-12-22-49(47)61(51)46-34-32-43(33-35-46)40-18-8-3-9-19-40/h1-37H. The second-order valence-corrected chi connectivity index (χ2v) is 15.6. The van der Waals surface area contributed by atoms with Gasteiger partial charge in [-0.25, -0.2) is 4.98 Å². The van der Waals surface area contributed by atoms with Crippen molar-refractivity contribution >= 4 is 43.6 Å². The molecule has 0 amide bonds. The molecule has 0 saturated heterocycles. The molecule has 3 heterocycles. The van der Waals surface area contributed by atoms with Crippen LogP contribution in [0.25, 0.3) is 111 Å². The van der Waals surface area contributed by atoms with Gasteiger partial charge in [-0.1, -0.05) is 188 Å². The summed E-state index contributed by atoms with van der Waals surface area (Å²) in [4.78, 5) is 15.8. The van der Waals surface area contributed by atoms with Crippen LogP contribution >= 0.6 is 0 Å². The lowest BCUT2D eigenvalue weighted by atomic mass is 10.0. The van der Waals surface area contributed by atoms with Gasteiger partial charge in [-0.05, 0) is 69.8 Å². The number of fused-ring (bicyclic) bond motifs is 7. The minimum atomic E-state index is 0.565. The van der Waals surface area contributed by atoms with Gasteiger partial charge < -0.3 is 4.57 Å². The quantitative estimate of drug-likeness (QED) is 0.162. The Balaban J connectivity index is 1.07. The molecule has 62 heavy (non-hydrogen) atoms. The number of hydrogen-bond donors (Lipinski definition) is 0. The predicted octanol–water partition coefficient (Wildman–Crippen LogP) is 14.4. The van der Waals surface area contributed by atoms with Crippen molar-refractivity contribution in [2.75, 3.05) is 0 Å². The second kappa shape index (κ2) is 14.7. The Morgan fingerprint density at radius 3 is 1.03 bits per heavy atom. The predicted molar refractivity (Wildman–Crippen MR) is 256 cm³/mol. The largest absolute Gasteiger partial charge is 0.309 e. The van der Waals surface area contributed by atoms with Gasteiger partial charge >= 0.3 is 0 Å². The smallest absolute Gasteiger partial charge is 0.238 e. The first-order valence-corrected chi connectivity index (χ1v) is 20.9. The summed E-state index contributed by atoms with van der Waals surface area (Å²) < 4.78 is 4.61. The van der Waals surface area contributed by atoms with Crippen LogP contribution in [0.2, 0.25) is 0 Å². The van der Waals surface area contributed by atoms with Crippen LogP contribution < -0.4 is 0 Å². The van der Waals surface area contributed by atoms with Crippen molar-refractivity contribution in [3.05, 3.63) is 224 Å². The van der Waals surface area contributed by atoms with Gasteiger partial charge in [-0.3, -0.25) is 4.57 Å². The maximum absolute atomic E-state index is 5.30. The second-order valence-electron chi connectivity index (χ2n) is 15.6. The van der Waals surface area contributed by atoms with Gasteiger partial charge in [-0.15, -0.1) is 0 Å². The molecule has 0 saturated carbocycles. The highest BCUT2D eigenvalue weighted by Crippen LogP contribution is 2.42. The molecule has 0 spiro atoms. The molecule has 0 atom stereocenters. The minimum Gasteiger partial charge on any atom is -0.309 e. The van der Waals surface area contributed by atoms with Crippen molar-refractivity contribution in [3.8, 4) is 67.8 Å². The SMILES string of the molecule is c1ccc(-c2ccc(-c3nc(-c4ccc(-c5ccccc5)cc4)nc(-n4c5ccccc5c5c6c7ccccc7n(-c7ccc(-c8ccccc8)cc7)c6ccc54)n3)cc2)cc1. The van der Waals surface area contributed by atoms with E-state index in [-0.39, 0.29) is 0 Å². The Morgan fingerprint density at radius 1 is 0.242 bits per heavy atom. The first-order valence-electron chi connectivity index (χ1n) is 20.9. The fourth-order valence-electron chi connectivity index (χ4n) is 9.05. The molecule has 0 radical (unpaired) electrons. The van der Waals surface area contributed by atoms with E-state index in [1.807, 2.05) is 12.1 Å². The molecular formula is C57H37N5. The molecule has 290 valence electrons. The molecule has 12 aromatic rings. The molecular weight excluding hydrogens is 755 g/mol. The number of hydrogen-bond acceptors (Lipinski definition) is 3. The number of para-hydroxylation sites is 2. The van der Waals surface area contributed by atoms with Crippen LogP contribution in [0, 0.1) is 0 Å². The van der Waals surface area contributed by atoms with E-state index in [0.29, 0.717) is 17.6 Å². The third kappa shape index (κ3) is 5.98. The van der Waals surface area contributed by atoms with Gasteiger partial charge in [0, 0.05) is 38.4 Å². The normalized spacial score (nSPS) is 11.5. The average Bonchev–Trinajstić information content (AvgIpc) is 3.88. The first-order chi connectivity index (χ1) is 30.7. The van der Waals surface area contributed by atoms with Crippen molar-refractivity contribution in [3.63, 3.8) is 0 Å². The van der Waals surface area contributed by atoms with Crippen LogP contribution in [0.5, 0.6) is 0 Å². The molecule has 3 aromatic heterocycles. The molecule has 12 rings (SSSR count). The molecule has 5 heteroatoms. The van der Waals surface area contributed by atoms with E-state index < -0.39 is 0 Å². The van der Waals surface area contributed by atoms with Crippen LogP contribution in [0.1, 0.15) is 0 Å². The molecule has 0 unspecified atom stereocenters. The van der Waals surface area contributed by atoms with Crippen LogP contribution in [0.4, 0.5) is 0 Å². The molecule has 5 nitrogen and oxygen atoms in total. The van der Waals surface area contributed by atoms with Crippen molar-refractivity contribution in [2.45, 2.75) is 0 Å². The van der Waals surface area contributed by atoms with Gasteiger partial charge in [0.1, 0.15) is 0 Å². The molecule has 0 fully saturated rings. The monoisotopic (exact) mass is 791 g/mol. The Morgan fingerprint density at radius 2 is 0.581 bits per heavy atom. The molecule has 0 N–H and O–H groups in total. The molecule has 0 bridgehead atoms. The Labute approximate surface area is 358 Å². The Hall–Kier alpha value is -8.41. The van der Waals surface area contributed by atoms with Crippen LogP contribution in [-0.4, -0.2) is 24.1 Å². The highest BCUT2D eigenvalue weighted by Gasteiger charge is 2.23. The maximum atomic E-state index is 5.30. The lowest BCUT2D eigenvalue weighted by molar-refractivity contribution is 0.953. The molecule has 9 aromatic carbocycles. The van der Waals surface area contributed by atoms with E-state index in [2.05, 4.69) is 221 Å². The zero-order chi connectivity index (χ0) is 41.0. The minimum absolute atomic E-state index is 0.565. The Kier molecular flexibility index (Phi) is 8.42. The highest BCUT2D eigenvalue weighted by molar-refractivity contribution is 6.28. The fourth-order valence-corrected chi connectivity index (χ4v) is 9.05. The summed E-state index contributed by atoms with van der Waals surface area (Å²) in [6.45, 7) is 0. The van der Waals surface area contributed by atoms with E-state index in [1.54, 1.807) is 0 Å². The Bertz CT molecular complexity index is 3470. The van der Waals surface area contributed by atoms with Gasteiger partial charge in [0.15, 0.2) is 11.6 Å². The third-order valence-corrected chi connectivity index (χ3v) is 12.0. The van der Waals surface area contributed by atoms with Crippen molar-refractivity contribution in [1.82, 2.24) is 24.1 Å². The van der Waals surface area contributed by atoms with Crippen molar-refractivity contribution in [1.29, 1.82) is 0 Å². The van der Waals surface area contributed by atoms with E-state index in [1.165, 1.54) is 21.9 Å². The number of aromatic nitrogens is 5. The third-order valence-electron chi connectivity index (χ3n) is 12.0. The van der Waals surface area contributed by atoms with Gasteiger partial charge in [0.05, 0.1) is 22.1 Å². The van der Waals surface area contributed by atoms with Gasteiger partial charge in [-0.2, -0.15) is 9.97 Å². The zero-order valence-electron chi connectivity index (χ0n) is 33.6. The van der Waals surface area contributed by atoms with Crippen LogP contribution in [0.3, 0.4) is 0 Å². The summed E-state index contributed by atoms with van der Waals surface area (Å²) in [7, 11) is 0. The van der Waals surface area contributed by atoms with Crippen molar-refractivity contribution in [2.24, 2.45) is 0 Å². The summed E-state index contributed by atoms with van der Waals surface area (Å²) in [5.74, 6) is 1.79. The summed E-state index contributed by atoms with van der Waals surface area (Å²) in [5.41, 5.74) is 14.3. The van der Waals surface area contributed by atoms with Crippen molar-refractivity contribution < 1.29 is 0 Å². The summed E-state index contributed by atoms with van der Waals surface area (Å²) in [6.07, 6.45) is 0. The zero-order valence-corrected chi connectivity index (χ0v) is 33.6. The average molecular weight is 792 g/mol. The fraction of sp³-hybridized carbons (Fsp3) is 0. The molecule has 0 aliphatic heterocycles. The number of benzene rings is 9. The van der Waals surface area contributed by atoms with E-state index in [4.69, 9.17) is 15.0 Å². The highest BCUT2D eigenvalue weighted by atomic mass is 15.2. The van der Waals surface area contributed by atoms with E-state index >= 15 is 0 Å².